The highest BCUT2D eigenvalue weighted by Gasteiger charge is 2.38. The number of ether oxygens (including phenoxy) is 1. The standard InChI is InChI=1S/C18H22N2O5/c21-7-1-8-25-9-6-12-2-3-14-13(10-12)11-20(18(14)24)15-4-5-16(22)19-17(15)23/h2-3,10,15,21H,1,4-9,11H2,(H,19,22,23). The van der Waals surface area contributed by atoms with Crippen molar-refractivity contribution >= 4 is 17.7 Å². The minimum Gasteiger partial charge on any atom is -0.396 e. The van der Waals surface area contributed by atoms with E-state index in [9.17, 15) is 14.4 Å². The predicted molar refractivity (Wildman–Crippen MR) is 88.7 cm³/mol. The molecule has 3 amide bonds. The van der Waals surface area contributed by atoms with Crippen LogP contribution in [0.15, 0.2) is 18.2 Å². The van der Waals surface area contributed by atoms with Crippen LogP contribution in [0.3, 0.4) is 0 Å². The van der Waals surface area contributed by atoms with E-state index >= 15 is 0 Å². The lowest BCUT2D eigenvalue weighted by atomic mass is 10.0. The van der Waals surface area contributed by atoms with Crippen molar-refractivity contribution in [3.05, 3.63) is 34.9 Å². The zero-order valence-electron chi connectivity index (χ0n) is 14.0. The summed E-state index contributed by atoms with van der Waals surface area (Å²) in [7, 11) is 0. The zero-order chi connectivity index (χ0) is 17.8. The van der Waals surface area contributed by atoms with Crippen LogP contribution in [0.1, 0.15) is 40.7 Å². The number of nitrogens with zero attached hydrogens (tertiary/aromatic N) is 1. The summed E-state index contributed by atoms with van der Waals surface area (Å²) in [6.45, 7) is 1.60. The molecule has 2 aliphatic rings. The number of carbonyl (C=O) groups is 3. The van der Waals surface area contributed by atoms with Crippen molar-refractivity contribution in [3.8, 4) is 0 Å². The van der Waals surface area contributed by atoms with Crippen LogP contribution in [0.25, 0.3) is 0 Å². The Labute approximate surface area is 146 Å². The summed E-state index contributed by atoms with van der Waals surface area (Å²) in [5.74, 6) is -0.834. The maximum absolute atomic E-state index is 12.6. The molecule has 0 radical (unpaired) electrons. The van der Waals surface area contributed by atoms with E-state index in [4.69, 9.17) is 9.84 Å². The second kappa shape index (κ2) is 7.76. The Morgan fingerprint density at radius 1 is 1.24 bits per heavy atom. The van der Waals surface area contributed by atoms with Gasteiger partial charge in [0.15, 0.2) is 0 Å². The van der Waals surface area contributed by atoms with E-state index in [1.807, 2.05) is 12.1 Å². The van der Waals surface area contributed by atoms with Crippen molar-refractivity contribution in [2.75, 3.05) is 19.8 Å². The Bertz CT molecular complexity index is 688. The number of aliphatic hydroxyl groups excluding tert-OH is 1. The van der Waals surface area contributed by atoms with Crippen molar-refractivity contribution < 1.29 is 24.2 Å². The van der Waals surface area contributed by atoms with E-state index in [0.29, 0.717) is 38.2 Å². The average molecular weight is 346 g/mol. The zero-order valence-corrected chi connectivity index (χ0v) is 14.0. The quantitative estimate of drug-likeness (QED) is 0.550. The summed E-state index contributed by atoms with van der Waals surface area (Å²) in [5.41, 5.74) is 2.60. The van der Waals surface area contributed by atoms with Gasteiger partial charge in [0.05, 0.1) is 6.61 Å². The highest BCUT2D eigenvalue weighted by molar-refractivity contribution is 6.05. The molecule has 0 aliphatic carbocycles. The molecule has 25 heavy (non-hydrogen) atoms. The van der Waals surface area contributed by atoms with Crippen LogP contribution in [0.2, 0.25) is 0 Å². The van der Waals surface area contributed by atoms with Gasteiger partial charge >= 0.3 is 0 Å². The molecule has 1 aromatic carbocycles. The van der Waals surface area contributed by atoms with Crippen LogP contribution >= 0.6 is 0 Å². The van der Waals surface area contributed by atoms with Crippen LogP contribution in [0.5, 0.6) is 0 Å². The first-order valence-electron chi connectivity index (χ1n) is 8.55. The molecule has 2 heterocycles. The first kappa shape index (κ1) is 17.6. The van der Waals surface area contributed by atoms with E-state index in [2.05, 4.69) is 5.32 Å². The number of nitrogens with one attached hydrogen (secondary N) is 1. The minimum atomic E-state index is -0.581. The van der Waals surface area contributed by atoms with Gasteiger partial charge in [-0.2, -0.15) is 0 Å². The number of hydrogen-bond donors (Lipinski definition) is 2. The highest BCUT2D eigenvalue weighted by Crippen LogP contribution is 2.28. The van der Waals surface area contributed by atoms with Gasteiger partial charge in [-0.1, -0.05) is 12.1 Å². The maximum atomic E-state index is 12.6. The van der Waals surface area contributed by atoms with Gasteiger partial charge in [0, 0.05) is 31.7 Å². The van der Waals surface area contributed by atoms with Crippen molar-refractivity contribution in [2.45, 2.75) is 38.3 Å². The van der Waals surface area contributed by atoms with Gasteiger partial charge in [0.1, 0.15) is 6.04 Å². The fraction of sp³-hybridized carbons (Fsp3) is 0.500. The molecule has 0 saturated carbocycles. The molecule has 1 atom stereocenters. The molecule has 2 aliphatic heterocycles. The summed E-state index contributed by atoms with van der Waals surface area (Å²) < 4.78 is 5.44. The molecule has 1 unspecified atom stereocenters. The monoisotopic (exact) mass is 346 g/mol. The van der Waals surface area contributed by atoms with Gasteiger partial charge < -0.3 is 14.7 Å². The second-order valence-electron chi connectivity index (χ2n) is 6.33. The van der Waals surface area contributed by atoms with Gasteiger partial charge in [0.2, 0.25) is 11.8 Å². The third kappa shape index (κ3) is 3.88. The van der Waals surface area contributed by atoms with E-state index in [-0.39, 0.29) is 24.8 Å². The topological polar surface area (TPSA) is 95.9 Å². The molecule has 0 aromatic heterocycles. The van der Waals surface area contributed by atoms with Crippen LogP contribution in [-0.2, 0) is 27.3 Å². The lowest BCUT2D eigenvalue weighted by molar-refractivity contribution is -0.136. The Hall–Kier alpha value is -2.25. The Balaban J connectivity index is 1.63. The lowest BCUT2D eigenvalue weighted by Gasteiger charge is -2.29. The van der Waals surface area contributed by atoms with Crippen molar-refractivity contribution in [2.24, 2.45) is 0 Å². The van der Waals surface area contributed by atoms with Crippen LogP contribution in [0, 0.1) is 0 Å². The minimum absolute atomic E-state index is 0.122. The van der Waals surface area contributed by atoms with E-state index in [1.54, 1.807) is 11.0 Å². The Kier molecular flexibility index (Phi) is 5.45. The molecular formula is C18H22N2O5. The molecule has 7 nitrogen and oxygen atoms in total. The van der Waals surface area contributed by atoms with Gasteiger partial charge in [-0.05, 0) is 36.5 Å². The van der Waals surface area contributed by atoms with Gasteiger partial charge in [-0.15, -0.1) is 0 Å². The summed E-state index contributed by atoms with van der Waals surface area (Å²) in [4.78, 5) is 37.4. The summed E-state index contributed by atoms with van der Waals surface area (Å²) >= 11 is 0. The van der Waals surface area contributed by atoms with Gasteiger partial charge in [0.25, 0.3) is 5.91 Å². The number of carbonyl (C=O) groups excluding carboxylic acids is 3. The van der Waals surface area contributed by atoms with E-state index in [1.165, 1.54) is 0 Å². The molecule has 1 aromatic rings. The summed E-state index contributed by atoms with van der Waals surface area (Å²) in [5, 5.41) is 11.0. The van der Waals surface area contributed by atoms with Crippen LogP contribution in [-0.4, -0.2) is 53.6 Å². The number of amides is 3. The number of hydrogen-bond acceptors (Lipinski definition) is 5. The third-order valence-electron chi connectivity index (χ3n) is 4.57. The molecule has 2 N–H and O–H groups in total. The highest BCUT2D eigenvalue weighted by atomic mass is 16.5. The molecular weight excluding hydrogens is 324 g/mol. The number of fused-ring (bicyclic) bond motifs is 1. The smallest absolute Gasteiger partial charge is 0.255 e. The molecule has 3 rings (SSSR count). The van der Waals surface area contributed by atoms with E-state index in [0.717, 1.165) is 17.5 Å². The Morgan fingerprint density at radius 3 is 2.84 bits per heavy atom. The van der Waals surface area contributed by atoms with Crippen LogP contribution < -0.4 is 5.32 Å². The van der Waals surface area contributed by atoms with Crippen molar-refractivity contribution in [1.82, 2.24) is 10.2 Å². The van der Waals surface area contributed by atoms with Gasteiger partial charge in [-0.3, -0.25) is 19.7 Å². The molecule has 0 spiro atoms. The van der Waals surface area contributed by atoms with Crippen LogP contribution in [0.4, 0.5) is 0 Å². The van der Waals surface area contributed by atoms with Crippen molar-refractivity contribution in [3.63, 3.8) is 0 Å². The average Bonchev–Trinajstić information content (AvgIpc) is 2.91. The molecule has 0 bridgehead atoms. The molecule has 1 fully saturated rings. The number of piperidine rings is 1. The van der Waals surface area contributed by atoms with Crippen molar-refractivity contribution in [1.29, 1.82) is 0 Å². The second-order valence-corrected chi connectivity index (χ2v) is 6.33. The first-order chi connectivity index (χ1) is 12.1. The predicted octanol–water partition coefficient (Wildman–Crippen LogP) is 0.389. The molecule has 7 heteroatoms. The third-order valence-corrected chi connectivity index (χ3v) is 4.57. The number of imide groups is 1. The summed E-state index contributed by atoms with van der Waals surface area (Å²) in [6, 6.07) is 5.10. The van der Waals surface area contributed by atoms with E-state index < -0.39 is 11.9 Å². The normalized spacial score (nSPS) is 20.0. The van der Waals surface area contributed by atoms with Gasteiger partial charge in [-0.25, -0.2) is 0 Å². The lowest BCUT2D eigenvalue weighted by Crippen LogP contribution is -2.52. The fourth-order valence-electron chi connectivity index (χ4n) is 3.24. The number of rotatable bonds is 7. The SMILES string of the molecule is O=C1CCC(N2Cc3cc(CCOCCCO)ccc3C2=O)C(=O)N1. The maximum Gasteiger partial charge on any atom is 0.255 e. The number of benzene rings is 1. The first-order valence-corrected chi connectivity index (χ1v) is 8.55. The Morgan fingerprint density at radius 2 is 2.08 bits per heavy atom. The number of aliphatic hydroxyl groups is 1. The molecule has 1 saturated heterocycles. The summed E-state index contributed by atoms with van der Waals surface area (Å²) in [6.07, 6.45) is 1.98. The largest absolute Gasteiger partial charge is 0.396 e. The fourth-order valence-corrected chi connectivity index (χ4v) is 3.24. The molecule has 134 valence electrons.